The van der Waals surface area contributed by atoms with Crippen molar-refractivity contribution in [2.75, 3.05) is 19.6 Å². The van der Waals surface area contributed by atoms with Crippen molar-refractivity contribution in [2.45, 2.75) is 113 Å². The maximum atomic E-state index is 13.8. The van der Waals surface area contributed by atoms with Crippen molar-refractivity contribution >= 4 is 34.6 Å². The Morgan fingerprint density at radius 1 is 1.10 bits per heavy atom. The first-order valence-electron chi connectivity index (χ1n) is 14.4. The van der Waals surface area contributed by atoms with Crippen molar-refractivity contribution < 1.29 is 28.5 Å². The minimum Gasteiger partial charge on any atom is -0.378 e. The van der Waals surface area contributed by atoms with Crippen molar-refractivity contribution in [2.24, 2.45) is 0 Å². The van der Waals surface area contributed by atoms with Gasteiger partial charge in [0.05, 0.1) is 5.25 Å². The second-order valence-corrected chi connectivity index (χ2v) is 12.9. The number of nitrogens with one attached hydrogen (secondary N) is 3. The summed E-state index contributed by atoms with van der Waals surface area (Å²) in [6, 6.07) is -1.77. The van der Waals surface area contributed by atoms with Gasteiger partial charge in [-0.2, -0.15) is 0 Å². The third-order valence-corrected chi connectivity index (χ3v) is 9.58. The summed E-state index contributed by atoms with van der Waals surface area (Å²) in [5.74, 6) is -1.65. The summed E-state index contributed by atoms with van der Waals surface area (Å²) in [5.41, 5.74) is -1.35. The largest absolute Gasteiger partial charge is 0.378 e. The van der Waals surface area contributed by atoms with Crippen LogP contribution >= 0.6 is 0 Å². The van der Waals surface area contributed by atoms with Crippen molar-refractivity contribution in [3.05, 3.63) is 12.2 Å². The minimum absolute atomic E-state index is 0.0441. The average molecular weight is 566 g/mol. The van der Waals surface area contributed by atoms with Crippen LogP contribution in [0.3, 0.4) is 0 Å². The van der Waals surface area contributed by atoms with Crippen LogP contribution in [0.5, 0.6) is 0 Å². The molecule has 218 valence electrons. The van der Waals surface area contributed by atoms with E-state index in [1.165, 1.54) is 4.90 Å². The Balaban J connectivity index is 1.53. The number of fused-ring (bicyclic) bond motifs is 1. The van der Waals surface area contributed by atoms with Gasteiger partial charge in [-0.15, -0.1) is 0 Å². The van der Waals surface area contributed by atoms with Crippen molar-refractivity contribution in [3.8, 4) is 0 Å². The van der Waals surface area contributed by atoms with Gasteiger partial charge in [0.25, 0.3) is 5.91 Å². The lowest BCUT2D eigenvalue weighted by Gasteiger charge is -2.35. The van der Waals surface area contributed by atoms with Gasteiger partial charge in [0.1, 0.15) is 34.8 Å². The Labute approximate surface area is 233 Å². The minimum atomic E-state index is -1.50. The first-order valence-corrected chi connectivity index (χ1v) is 15.6. The molecule has 3 heterocycles. The highest BCUT2D eigenvalue weighted by Crippen LogP contribution is 2.26. The number of hydrogen-bond acceptors (Lipinski definition) is 7. The predicted molar refractivity (Wildman–Crippen MR) is 146 cm³/mol. The van der Waals surface area contributed by atoms with E-state index in [9.17, 15) is 28.5 Å². The number of amides is 4. The maximum absolute atomic E-state index is 13.8. The molecule has 0 aromatic carbocycles. The van der Waals surface area contributed by atoms with Crippen molar-refractivity contribution in [1.29, 1.82) is 0 Å². The Morgan fingerprint density at radius 2 is 1.85 bits per heavy atom. The van der Waals surface area contributed by atoms with Gasteiger partial charge in [-0.25, -0.2) is 4.21 Å². The number of aliphatic hydroxyl groups is 1. The van der Waals surface area contributed by atoms with E-state index in [4.69, 9.17) is 0 Å². The Morgan fingerprint density at radius 3 is 2.56 bits per heavy atom. The van der Waals surface area contributed by atoms with Gasteiger partial charge in [0.2, 0.25) is 17.7 Å². The highest BCUT2D eigenvalue weighted by Gasteiger charge is 2.43. The van der Waals surface area contributed by atoms with E-state index in [2.05, 4.69) is 15.4 Å². The lowest BCUT2D eigenvalue weighted by atomic mass is 9.95. The van der Waals surface area contributed by atoms with Gasteiger partial charge in [-0.1, -0.05) is 18.6 Å². The molecule has 3 aliphatic heterocycles. The normalized spacial score (nSPS) is 31.3. The molecule has 2 saturated heterocycles. The molecular weight excluding hydrogens is 522 g/mol. The standard InChI is InChI=1S/C27H43N5O6S/c1-27(26(37)30-39(38)19-12-13-19)14-6-3-2-5-11-22(33)28-20(18-23(34)31-15-7-4-8-16-31)25(36)32-17-9-10-21(32)24(35)29-27/h3,6,19-21,23,34H,2,4-5,7-18H2,1H3,(H,28,33)(H,29,35)(H,30,37). The molecular formula is C27H43N5O6S. The molecule has 5 unspecified atom stereocenters. The zero-order valence-electron chi connectivity index (χ0n) is 22.9. The summed E-state index contributed by atoms with van der Waals surface area (Å²) >= 11 is 0. The lowest BCUT2D eigenvalue weighted by Crippen LogP contribution is -2.61. The smallest absolute Gasteiger partial charge is 0.257 e. The van der Waals surface area contributed by atoms with Gasteiger partial charge >= 0.3 is 0 Å². The van der Waals surface area contributed by atoms with Gasteiger partial charge in [0, 0.05) is 32.5 Å². The summed E-state index contributed by atoms with van der Waals surface area (Å²) in [5, 5.41) is 16.6. The number of hydrogen-bond donors (Lipinski definition) is 4. The number of carbonyl (C=O) groups is 4. The fourth-order valence-electron chi connectivity index (χ4n) is 5.51. The van der Waals surface area contributed by atoms with E-state index in [0.29, 0.717) is 32.2 Å². The van der Waals surface area contributed by atoms with Crippen LogP contribution in [-0.2, 0) is 30.2 Å². The number of aliphatic hydroxyl groups excluding tert-OH is 1. The second kappa shape index (κ2) is 13.4. The summed E-state index contributed by atoms with van der Waals surface area (Å²) in [7, 11) is -1.50. The molecule has 0 aromatic heterocycles. The highest BCUT2D eigenvalue weighted by atomic mass is 32.2. The Hall–Kier alpha value is -2.31. The lowest BCUT2D eigenvalue weighted by molar-refractivity contribution is -0.144. The molecule has 4 aliphatic rings. The monoisotopic (exact) mass is 565 g/mol. The molecule has 0 radical (unpaired) electrons. The van der Waals surface area contributed by atoms with Crippen LogP contribution < -0.4 is 15.4 Å². The maximum Gasteiger partial charge on any atom is 0.257 e. The zero-order valence-corrected chi connectivity index (χ0v) is 23.7. The number of piperidine rings is 1. The van der Waals surface area contributed by atoms with Crippen LogP contribution in [0, 0.1) is 0 Å². The van der Waals surface area contributed by atoms with Gasteiger partial charge in [0.15, 0.2) is 0 Å². The molecule has 12 heteroatoms. The van der Waals surface area contributed by atoms with Gasteiger partial charge < -0.3 is 20.6 Å². The molecule has 0 bridgehead atoms. The molecule has 3 fully saturated rings. The van der Waals surface area contributed by atoms with E-state index >= 15 is 0 Å². The van der Waals surface area contributed by atoms with Crippen molar-refractivity contribution in [1.82, 2.24) is 25.2 Å². The molecule has 1 aliphatic carbocycles. The first kappa shape index (κ1) is 29.7. The van der Waals surface area contributed by atoms with Crippen LogP contribution in [0.15, 0.2) is 12.2 Å². The first-order chi connectivity index (χ1) is 18.7. The SMILES string of the molecule is CC1(C(=O)NS(=O)C2CC2)CC=CCCCC(=O)NC(CC(O)N2CCCCC2)C(=O)N2CCCC2C(=O)N1. The number of allylic oxidation sites excluding steroid dienone is 1. The predicted octanol–water partition coefficient (Wildman–Crippen LogP) is 0.604. The number of nitrogens with zero attached hydrogens (tertiary/aromatic N) is 2. The van der Waals surface area contributed by atoms with Crippen LogP contribution in [0.25, 0.3) is 0 Å². The molecule has 4 rings (SSSR count). The molecule has 1 saturated carbocycles. The summed E-state index contributed by atoms with van der Waals surface area (Å²) < 4.78 is 15.0. The zero-order chi connectivity index (χ0) is 28.0. The third-order valence-electron chi connectivity index (χ3n) is 8.12. The molecule has 4 N–H and O–H groups in total. The summed E-state index contributed by atoms with van der Waals surface area (Å²) in [4.78, 5) is 56.7. The number of rotatable bonds is 6. The Kier molecular flexibility index (Phi) is 10.2. The molecule has 0 aromatic rings. The third kappa shape index (κ3) is 7.88. The highest BCUT2D eigenvalue weighted by molar-refractivity contribution is 7.84. The van der Waals surface area contributed by atoms with E-state index < -0.39 is 52.6 Å². The second-order valence-electron chi connectivity index (χ2n) is 11.4. The average Bonchev–Trinajstić information content (AvgIpc) is 3.66. The quantitative estimate of drug-likeness (QED) is 0.345. The van der Waals surface area contributed by atoms with Crippen LogP contribution in [0.4, 0.5) is 0 Å². The summed E-state index contributed by atoms with van der Waals surface area (Å²) in [6.07, 6.45) is 10.1. The molecule has 4 amide bonds. The van der Waals surface area contributed by atoms with E-state index in [-0.39, 0.29) is 30.4 Å². The van der Waals surface area contributed by atoms with Crippen LogP contribution in [0.1, 0.15) is 84.0 Å². The van der Waals surface area contributed by atoms with E-state index in [1.807, 2.05) is 11.0 Å². The van der Waals surface area contributed by atoms with Crippen LogP contribution in [-0.4, -0.2) is 91.5 Å². The molecule has 11 nitrogen and oxygen atoms in total. The molecule has 0 spiro atoms. The fourth-order valence-corrected chi connectivity index (χ4v) is 6.65. The number of carbonyl (C=O) groups excluding carboxylic acids is 4. The fraction of sp³-hybridized carbons (Fsp3) is 0.778. The van der Waals surface area contributed by atoms with Crippen LogP contribution in [0.2, 0.25) is 0 Å². The number of likely N-dealkylation sites (tertiary alicyclic amines) is 1. The summed E-state index contributed by atoms with van der Waals surface area (Å²) in [6.45, 7) is 3.43. The molecule has 39 heavy (non-hydrogen) atoms. The Bertz CT molecular complexity index is 982. The molecule has 5 atom stereocenters. The van der Waals surface area contributed by atoms with Gasteiger partial charge in [-0.3, -0.25) is 28.8 Å². The van der Waals surface area contributed by atoms with Gasteiger partial charge in [-0.05, 0) is 64.7 Å². The van der Waals surface area contributed by atoms with Crippen molar-refractivity contribution in [3.63, 3.8) is 0 Å². The topological polar surface area (TPSA) is 148 Å². The van der Waals surface area contributed by atoms with E-state index in [1.54, 1.807) is 13.0 Å². The van der Waals surface area contributed by atoms with E-state index in [0.717, 1.165) is 45.2 Å².